The summed E-state index contributed by atoms with van der Waals surface area (Å²) in [5.41, 5.74) is 2.17. The van der Waals surface area contributed by atoms with Gasteiger partial charge in [0.15, 0.2) is 11.6 Å². The number of rotatable bonds is 6. The molecule has 1 aliphatic carbocycles. The summed E-state index contributed by atoms with van der Waals surface area (Å²) in [6.07, 6.45) is 3.48. The van der Waals surface area contributed by atoms with Crippen molar-refractivity contribution in [3.05, 3.63) is 54.7 Å². The Hall–Kier alpha value is -3.63. The van der Waals surface area contributed by atoms with Crippen molar-refractivity contribution in [1.29, 1.82) is 0 Å². The molecule has 184 valence electrons. The van der Waals surface area contributed by atoms with Gasteiger partial charge in [-0.25, -0.2) is 9.37 Å². The second kappa shape index (κ2) is 9.20. The maximum atomic E-state index is 14.0. The number of alkyl halides is 3. The number of halogens is 4. The summed E-state index contributed by atoms with van der Waals surface area (Å²) in [5, 5.41) is 12.1. The highest BCUT2D eigenvalue weighted by Crippen LogP contribution is 2.36. The molecule has 0 unspecified atom stereocenters. The second-order valence-corrected chi connectivity index (χ2v) is 8.73. The zero-order chi connectivity index (χ0) is 24.6. The Bertz CT molecular complexity index is 1320. The second-order valence-electron chi connectivity index (χ2n) is 8.73. The van der Waals surface area contributed by atoms with Crippen LogP contribution in [0.4, 0.5) is 23.4 Å². The van der Waals surface area contributed by atoms with E-state index in [0.717, 1.165) is 23.8 Å². The molecule has 0 atom stereocenters. The number of aryl methyl sites for hydroxylation is 1. The van der Waals surface area contributed by atoms with Crippen molar-refractivity contribution in [2.75, 3.05) is 11.9 Å². The molecular formula is C24H24F4N6O. The number of ether oxygens (including phenoxy) is 1. The quantitative estimate of drug-likeness (QED) is 0.363. The summed E-state index contributed by atoms with van der Waals surface area (Å²) in [6, 6.07) is 7.96. The Morgan fingerprint density at radius 1 is 1.11 bits per heavy atom. The van der Waals surface area contributed by atoms with E-state index in [9.17, 15) is 17.6 Å². The largest absolute Gasteiger partial charge is 0.487 e. The number of nitrogens with one attached hydrogen (secondary N) is 1. The van der Waals surface area contributed by atoms with Crippen LogP contribution in [0.1, 0.15) is 31.7 Å². The van der Waals surface area contributed by atoms with Crippen molar-refractivity contribution in [2.24, 2.45) is 7.05 Å². The average molecular weight is 488 g/mol. The Kier molecular flexibility index (Phi) is 6.08. The molecule has 0 amide bonds. The van der Waals surface area contributed by atoms with Crippen LogP contribution in [0.5, 0.6) is 5.75 Å². The Morgan fingerprint density at radius 3 is 2.57 bits per heavy atom. The Balaban J connectivity index is 1.41. The number of para-hydroxylation sites is 1. The smallest absolute Gasteiger partial charge is 0.405 e. The van der Waals surface area contributed by atoms with E-state index < -0.39 is 12.7 Å². The molecular weight excluding hydrogens is 464 g/mol. The van der Waals surface area contributed by atoms with Gasteiger partial charge in [-0.2, -0.15) is 23.4 Å². The summed E-state index contributed by atoms with van der Waals surface area (Å²) in [7, 11) is 1.80. The van der Waals surface area contributed by atoms with Crippen molar-refractivity contribution in [1.82, 2.24) is 24.5 Å². The third kappa shape index (κ3) is 5.08. The average Bonchev–Trinajstić information content (AvgIpc) is 3.42. The lowest BCUT2D eigenvalue weighted by molar-refractivity contribution is -0.115. The van der Waals surface area contributed by atoms with Gasteiger partial charge in [0.1, 0.15) is 18.1 Å². The molecule has 7 nitrogen and oxygen atoms in total. The molecule has 0 saturated heterocycles. The van der Waals surface area contributed by atoms with Crippen molar-refractivity contribution in [2.45, 2.75) is 44.0 Å². The number of hydrogen-bond acceptors (Lipinski definition) is 5. The SMILES string of the molecule is Cn1cc(-c2nn(C3CCC(Oc4ccccc4F)CC3)c3cc(NCC(F)(F)F)ncc23)cn1. The molecule has 3 aromatic heterocycles. The summed E-state index contributed by atoms with van der Waals surface area (Å²) < 4.78 is 61.5. The topological polar surface area (TPSA) is 69.8 Å². The van der Waals surface area contributed by atoms with Gasteiger partial charge in [0.2, 0.25) is 0 Å². The highest BCUT2D eigenvalue weighted by molar-refractivity contribution is 5.93. The monoisotopic (exact) mass is 488 g/mol. The van der Waals surface area contributed by atoms with Crippen LogP contribution in [-0.4, -0.2) is 43.4 Å². The zero-order valence-electron chi connectivity index (χ0n) is 19.0. The van der Waals surface area contributed by atoms with Gasteiger partial charge in [-0.05, 0) is 37.8 Å². The molecule has 5 rings (SSSR count). The number of hydrogen-bond donors (Lipinski definition) is 1. The minimum absolute atomic E-state index is 0.0151. The van der Waals surface area contributed by atoms with E-state index in [0.29, 0.717) is 24.1 Å². The molecule has 1 aliphatic rings. The van der Waals surface area contributed by atoms with Gasteiger partial charge < -0.3 is 10.1 Å². The van der Waals surface area contributed by atoms with Gasteiger partial charge in [0.25, 0.3) is 0 Å². The molecule has 1 aromatic carbocycles. The molecule has 0 radical (unpaired) electrons. The lowest BCUT2D eigenvalue weighted by atomic mass is 9.93. The van der Waals surface area contributed by atoms with Gasteiger partial charge in [0.05, 0.1) is 23.9 Å². The van der Waals surface area contributed by atoms with Crippen molar-refractivity contribution in [3.63, 3.8) is 0 Å². The van der Waals surface area contributed by atoms with Crippen LogP contribution in [0.15, 0.2) is 48.9 Å². The molecule has 0 bridgehead atoms. The third-order valence-electron chi connectivity index (χ3n) is 6.16. The first-order valence-corrected chi connectivity index (χ1v) is 11.4. The maximum Gasteiger partial charge on any atom is 0.405 e. The van der Waals surface area contributed by atoms with E-state index in [1.54, 1.807) is 48.4 Å². The van der Waals surface area contributed by atoms with Gasteiger partial charge in [0, 0.05) is 36.5 Å². The standard InChI is InChI=1S/C24H24F4N6O/c1-33-13-15(11-31-33)23-18-12-29-22(30-14-24(26,27)28)10-20(18)34(32-23)16-6-8-17(9-7-16)35-21-5-3-2-4-19(21)25/h2-5,10-13,16-17H,6-9,14H2,1H3,(H,29,30). The van der Waals surface area contributed by atoms with Gasteiger partial charge >= 0.3 is 6.18 Å². The highest BCUT2D eigenvalue weighted by Gasteiger charge is 2.29. The molecule has 35 heavy (non-hydrogen) atoms. The Morgan fingerprint density at radius 2 is 1.89 bits per heavy atom. The van der Waals surface area contributed by atoms with E-state index >= 15 is 0 Å². The van der Waals surface area contributed by atoms with E-state index in [-0.39, 0.29) is 29.5 Å². The maximum absolute atomic E-state index is 14.0. The van der Waals surface area contributed by atoms with Crippen LogP contribution in [0.25, 0.3) is 22.2 Å². The van der Waals surface area contributed by atoms with E-state index in [4.69, 9.17) is 9.84 Å². The number of aromatic nitrogens is 5. The first kappa shape index (κ1) is 23.1. The highest BCUT2D eigenvalue weighted by atomic mass is 19.4. The summed E-state index contributed by atoms with van der Waals surface area (Å²) in [5.74, 6) is -0.0173. The predicted octanol–water partition coefficient (Wildman–Crippen LogP) is 5.51. The Labute approximate surface area is 198 Å². The first-order valence-electron chi connectivity index (χ1n) is 11.4. The molecule has 1 saturated carbocycles. The van der Waals surface area contributed by atoms with Crippen molar-refractivity contribution >= 4 is 16.7 Å². The van der Waals surface area contributed by atoms with Gasteiger partial charge in [-0.1, -0.05) is 12.1 Å². The van der Waals surface area contributed by atoms with E-state index in [1.165, 1.54) is 6.07 Å². The van der Waals surface area contributed by atoms with E-state index in [1.807, 2.05) is 10.9 Å². The minimum atomic E-state index is -4.35. The number of fused-ring (bicyclic) bond motifs is 1. The van der Waals surface area contributed by atoms with Gasteiger partial charge in [-0.15, -0.1) is 0 Å². The third-order valence-corrected chi connectivity index (χ3v) is 6.16. The van der Waals surface area contributed by atoms with Crippen molar-refractivity contribution in [3.8, 4) is 17.0 Å². The van der Waals surface area contributed by atoms with Crippen LogP contribution < -0.4 is 10.1 Å². The number of anilines is 1. The fraction of sp³-hybridized carbons (Fsp3) is 0.375. The number of benzene rings is 1. The lowest BCUT2D eigenvalue weighted by Gasteiger charge is -2.29. The lowest BCUT2D eigenvalue weighted by Crippen LogP contribution is -2.26. The van der Waals surface area contributed by atoms with Crippen LogP contribution in [0.3, 0.4) is 0 Å². The summed E-state index contributed by atoms with van der Waals surface area (Å²) in [6.45, 7) is -1.17. The first-order chi connectivity index (χ1) is 16.8. The predicted molar refractivity (Wildman–Crippen MR) is 123 cm³/mol. The van der Waals surface area contributed by atoms with E-state index in [2.05, 4.69) is 15.4 Å². The molecule has 0 aliphatic heterocycles. The van der Waals surface area contributed by atoms with Crippen LogP contribution >= 0.6 is 0 Å². The summed E-state index contributed by atoms with van der Waals surface area (Å²) >= 11 is 0. The zero-order valence-corrected chi connectivity index (χ0v) is 19.0. The number of nitrogens with zero attached hydrogens (tertiary/aromatic N) is 5. The van der Waals surface area contributed by atoms with Crippen LogP contribution in [-0.2, 0) is 7.05 Å². The molecule has 4 aromatic rings. The fourth-order valence-corrected chi connectivity index (χ4v) is 4.48. The van der Waals surface area contributed by atoms with Crippen molar-refractivity contribution < 1.29 is 22.3 Å². The number of pyridine rings is 1. The molecule has 1 N–H and O–H groups in total. The van der Waals surface area contributed by atoms with Crippen LogP contribution in [0.2, 0.25) is 0 Å². The normalized spacial score (nSPS) is 18.7. The summed E-state index contributed by atoms with van der Waals surface area (Å²) in [4.78, 5) is 4.18. The molecule has 11 heteroatoms. The molecule has 1 fully saturated rings. The molecule has 0 spiro atoms. The van der Waals surface area contributed by atoms with Gasteiger partial charge in [-0.3, -0.25) is 9.36 Å². The fourth-order valence-electron chi connectivity index (χ4n) is 4.48. The van der Waals surface area contributed by atoms with Crippen LogP contribution in [0, 0.1) is 5.82 Å². The minimum Gasteiger partial charge on any atom is -0.487 e. The molecule has 3 heterocycles.